The van der Waals surface area contributed by atoms with Crippen LogP contribution >= 0.6 is 0 Å². The van der Waals surface area contributed by atoms with E-state index >= 15 is 0 Å². The van der Waals surface area contributed by atoms with Crippen molar-refractivity contribution in [1.82, 2.24) is 9.80 Å². The molecule has 1 aromatic rings. The highest BCUT2D eigenvalue weighted by molar-refractivity contribution is 5.68. The van der Waals surface area contributed by atoms with Crippen LogP contribution in [-0.2, 0) is 4.74 Å². The summed E-state index contributed by atoms with van der Waals surface area (Å²) in [5, 5.41) is 0. The summed E-state index contributed by atoms with van der Waals surface area (Å²) in [5.74, 6) is 0.821. The monoisotopic (exact) mass is 414 g/mol. The molecule has 1 aliphatic carbocycles. The molecule has 0 unspecified atom stereocenters. The van der Waals surface area contributed by atoms with E-state index in [1.165, 1.54) is 25.1 Å². The van der Waals surface area contributed by atoms with Crippen LogP contribution in [0.15, 0.2) is 24.3 Å². The molecule has 2 heterocycles. The van der Waals surface area contributed by atoms with Gasteiger partial charge in [-0.2, -0.15) is 0 Å². The molecule has 3 aliphatic rings. The molecule has 1 saturated carbocycles. The Hall–Kier alpha value is -1.95. The third-order valence-corrected chi connectivity index (χ3v) is 7.07. The lowest BCUT2D eigenvalue weighted by Crippen LogP contribution is -2.53. The number of hydrogen-bond acceptors (Lipinski definition) is 5. The van der Waals surface area contributed by atoms with Gasteiger partial charge in [0.2, 0.25) is 0 Å². The minimum absolute atomic E-state index is 0.146. The smallest absolute Gasteiger partial charge is 0.410 e. The molecule has 3 fully saturated rings. The second kappa shape index (κ2) is 8.29. The molecule has 4 rings (SSSR count). The molecule has 2 aliphatic heterocycles. The van der Waals surface area contributed by atoms with Crippen molar-refractivity contribution >= 4 is 17.5 Å². The van der Waals surface area contributed by atoms with Crippen LogP contribution in [-0.4, -0.2) is 67.3 Å². The Bertz CT molecular complexity index is 719. The maximum Gasteiger partial charge on any atom is 0.410 e. The number of carbonyl (C=O) groups is 1. The summed E-state index contributed by atoms with van der Waals surface area (Å²) < 4.78 is 5.54. The molecule has 2 saturated heterocycles. The molecule has 1 aromatic carbocycles. The highest BCUT2D eigenvalue weighted by atomic mass is 16.6. The zero-order valence-corrected chi connectivity index (χ0v) is 18.9. The van der Waals surface area contributed by atoms with Crippen molar-refractivity contribution in [1.29, 1.82) is 0 Å². The number of hydrogen-bond donors (Lipinski definition) is 1. The van der Waals surface area contributed by atoms with E-state index in [2.05, 4.69) is 21.9 Å². The molecule has 166 valence electrons. The summed E-state index contributed by atoms with van der Waals surface area (Å²) in [7, 11) is 0. The molecule has 1 spiro atoms. The van der Waals surface area contributed by atoms with E-state index in [9.17, 15) is 4.79 Å². The van der Waals surface area contributed by atoms with E-state index in [1.54, 1.807) is 0 Å². The Morgan fingerprint density at radius 3 is 2.20 bits per heavy atom. The van der Waals surface area contributed by atoms with Gasteiger partial charge in [-0.25, -0.2) is 4.79 Å². The quantitative estimate of drug-likeness (QED) is 0.762. The van der Waals surface area contributed by atoms with Gasteiger partial charge in [0.05, 0.1) is 0 Å². The third-order valence-electron chi connectivity index (χ3n) is 7.07. The fraction of sp³-hybridized carbons (Fsp3) is 0.708. The molecule has 1 amide bonds. The number of anilines is 2. The van der Waals surface area contributed by atoms with Crippen LogP contribution in [0.5, 0.6) is 0 Å². The summed E-state index contributed by atoms with van der Waals surface area (Å²) in [6, 6.07) is 8.24. The molecule has 30 heavy (non-hydrogen) atoms. The lowest BCUT2D eigenvalue weighted by Gasteiger charge is -2.53. The molecule has 0 aromatic heterocycles. The lowest BCUT2D eigenvalue weighted by atomic mass is 9.57. The van der Waals surface area contributed by atoms with Gasteiger partial charge in [0.15, 0.2) is 0 Å². The Morgan fingerprint density at radius 2 is 1.63 bits per heavy atom. The number of likely N-dealkylation sites (tertiary alicyclic amines) is 1. The van der Waals surface area contributed by atoms with Gasteiger partial charge in [0.25, 0.3) is 0 Å². The zero-order valence-electron chi connectivity index (χ0n) is 18.9. The van der Waals surface area contributed by atoms with E-state index in [1.807, 2.05) is 37.8 Å². The first-order valence-corrected chi connectivity index (χ1v) is 11.5. The number of nitrogens with zero attached hydrogens (tertiary/aromatic N) is 3. The first kappa shape index (κ1) is 21.3. The number of amides is 1. The Morgan fingerprint density at radius 1 is 1.03 bits per heavy atom. The average molecular weight is 415 g/mol. The Balaban J connectivity index is 1.16. The normalized spacial score (nSPS) is 22.8. The van der Waals surface area contributed by atoms with Gasteiger partial charge >= 0.3 is 6.09 Å². The summed E-state index contributed by atoms with van der Waals surface area (Å²) in [5.41, 5.74) is 7.99. The standard InChI is InChI=1S/C24H38N4O2/c1-23(2,3)30-22(29)28-10-8-24(9-11-28)16-19(17-24)18-26-12-14-27(15-13-26)21-6-4-20(25)5-7-21/h4-7,19H,8-18,25H2,1-3H3. The van der Waals surface area contributed by atoms with Crippen LogP contribution in [0.4, 0.5) is 16.2 Å². The molecule has 2 N–H and O–H groups in total. The van der Waals surface area contributed by atoms with Crippen LogP contribution in [0.3, 0.4) is 0 Å². The number of piperidine rings is 1. The number of piperazine rings is 1. The van der Waals surface area contributed by atoms with Gasteiger partial charge in [-0.3, -0.25) is 4.90 Å². The Kier molecular flexibility index (Phi) is 5.88. The van der Waals surface area contributed by atoms with Gasteiger partial charge in [-0.05, 0) is 82.1 Å². The average Bonchev–Trinajstić information content (AvgIpc) is 2.67. The maximum atomic E-state index is 12.3. The third kappa shape index (κ3) is 5.02. The van der Waals surface area contributed by atoms with Crippen molar-refractivity contribution in [2.45, 2.75) is 52.1 Å². The van der Waals surface area contributed by atoms with E-state index < -0.39 is 5.60 Å². The minimum Gasteiger partial charge on any atom is -0.444 e. The van der Waals surface area contributed by atoms with E-state index in [0.29, 0.717) is 5.41 Å². The highest BCUT2D eigenvalue weighted by Crippen LogP contribution is 2.52. The number of benzene rings is 1. The fourth-order valence-corrected chi connectivity index (χ4v) is 5.43. The van der Waals surface area contributed by atoms with Crippen molar-refractivity contribution in [3.63, 3.8) is 0 Å². The van der Waals surface area contributed by atoms with E-state index in [4.69, 9.17) is 10.5 Å². The van der Waals surface area contributed by atoms with Crippen molar-refractivity contribution in [2.75, 3.05) is 56.4 Å². The molecule has 6 nitrogen and oxygen atoms in total. The van der Waals surface area contributed by atoms with Crippen LogP contribution in [0.1, 0.15) is 46.5 Å². The molecule has 0 radical (unpaired) electrons. The summed E-state index contributed by atoms with van der Waals surface area (Å²) in [6.07, 6.45) is 4.77. The predicted molar refractivity (Wildman–Crippen MR) is 122 cm³/mol. The van der Waals surface area contributed by atoms with Crippen molar-refractivity contribution in [2.24, 2.45) is 11.3 Å². The van der Waals surface area contributed by atoms with E-state index in [0.717, 1.165) is 63.7 Å². The maximum absolute atomic E-state index is 12.3. The summed E-state index contributed by atoms with van der Waals surface area (Å²) in [4.78, 5) is 19.3. The molecule has 0 atom stereocenters. The van der Waals surface area contributed by atoms with Gasteiger partial charge in [0, 0.05) is 57.2 Å². The van der Waals surface area contributed by atoms with Crippen LogP contribution in [0, 0.1) is 11.3 Å². The fourth-order valence-electron chi connectivity index (χ4n) is 5.43. The minimum atomic E-state index is -0.411. The van der Waals surface area contributed by atoms with Gasteiger partial charge in [-0.1, -0.05) is 0 Å². The molecular weight excluding hydrogens is 376 g/mol. The van der Waals surface area contributed by atoms with Crippen molar-refractivity contribution < 1.29 is 9.53 Å². The topological polar surface area (TPSA) is 62.0 Å². The molecular formula is C24H38N4O2. The number of ether oxygens (including phenoxy) is 1. The Labute approximate surface area is 181 Å². The largest absolute Gasteiger partial charge is 0.444 e. The second-order valence-corrected chi connectivity index (χ2v) is 10.6. The summed E-state index contributed by atoms with van der Waals surface area (Å²) >= 11 is 0. The number of nitrogens with two attached hydrogens (primary N) is 1. The van der Waals surface area contributed by atoms with Gasteiger partial charge in [-0.15, -0.1) is 0 Å². The van der Waals surface area contributed by atoms with Gasteiger partial charge < -0.3 is 20.3 Å². The lowest BCUT2D eigenvalue weighted by molar-refractivity contribution is -0.0355. The predicted octanol–water partition coefficient (Wildman–Crippen LogP) is 3.82. The van der Waals surface area contributed by atoms with Crippen molar-refractivity contribution in [3.8, 4) is 0 Å². The molecule has 0 bridgehead atoms. The number of carbonyl (C=O) groups excluding carboxylic acids is 1. The highest BCUT2D eigenvalue weighted by Gasteiger charge is 2.47. The first-order chi connectivity index (χ1) is 14.2. The number of nitrogen functional groups attached to an aromatic ring is 1. The second-order valence-electron chi connectivity index (χ2n) is 10.6. The molecule has 6 heteroatoms. The van der Waals surface area contributed by atoms with Crippen LogP contribution < -0.4 is 10.6 Å². The zero-order chi connectivity index (χ0) is 21.4. The van der Waals surface area contributed by atoms with Gasteiger partial charge in [0.1, 0.15) is 5.60 Å². The number of rotatable bonds is 3. The summed E-state index contributed by atoms with van der Waals surface area (Å²) in [6.45, 7) is 13.2. The van der Waals surface area contributed by atoms with Crippen LogP contribution in [0.2, 0.25) is 0 Å². The van der Waals surface area contributed by atoms with Crippen molar-refractivity contribution in [3.05, 3.63) is 24.3 Å². The first-order valence-electron chi connectivity index (χ1n) is 11.5. The SMILES string of the molecule is CC(C)(C)OC(=O)N1CCC2(CC1)CC(CN1CCN(c3ccc(N)cc3)CC1)C2. The van der Waals surface area contributed by atoms with E-state index in [-0.39, 0.29) is 6.09 Å². The van der Waals surface area contributed by atoms with Crippen LogP contribution in [0.25, 0.3) is 0 Å².